The molecule has 1 aromatic carbocycles. The number of anilines is 1. The van der Waals surface area contributed by atoms with Crippen LogP contribution >= 0.6 is 0 Å². The van der Waals surface area contributed by atoms with Crippen molar-refractivity contribution in [3.63, 3.8) is 0 Å². The van der Waals surface area contributed by atoms with Crippen molar-refractivity contribution >= 4 is 29.4 Å². The van der Waals surface area contributed by atoms with E-state index < -0.39 is 34.9 Å². The zero-order chi connectivity index (χ0) is 22.2. The number of nitrogens with one attached hydrogen (secondary N) is 2. The van der Waals surface area contributed by atoms with Crippen LogP contribution in [-0.4, -0.2) is 45.3 Å². The lowest BCUT2D eigenvalue weighted by atomic mass is 9.76. The van der Waals surface area contributed by atoms with Crippen LogP contribution in [0.1, 0.15) is 50.3 Å². The molecule has 8 nitrogen and oxygen atoms in total. The summed E-state index contributed by atoms with van der Waals surface area (Å²) >= 11 is 0. The van der Waals surface area contributed by atoms with Crippen molar-refractivity contribution in [3.05, 3.63) is 28.8 Å². The predicted molar refractivity (Wildman–Crippen MR) is 109 cm³/mol. The van der Waals surface area contributed by atoms with Gasteiger partial charge < -0.3 is 10.4 Å². The largest absolute Gasteiger partial charge is 0.481 e. The number of carbonyl (C=O) groups excluding carboxylic acids is 3. The zero-order valence-electron chi connectivity index (χ0n) is 17.8. The van der Waals surface area contributed by atoms with E-state index in [1.165, 1.54) is 4.90 Å². The summed E-state index contributed by atoms with van der Waals surface area (Å²) in [7, 11) is 0. The Morgan fingerprint density at radius 3 is 2.43 bits per heavy atom. The minimum Gasteiger partial charge on any atom is -0.481 e. The molecule has 0 aliphatic carbocycles. The molecule has 3 amide bonds. The van der Waals surface area contributed by atoms with E-state index in [4.69, 9.17) is 0 Å². The van der Waals surface area contributed by atoms with Crippen LogP contribution in [0.5, 0.6) is 0 Å². The van der Waals surface area contributed by atoms with Gasteiger partial charge in [-0.2, -0.15) is 0 Å². The van der Waals surface area contributed by atoms with E-state index in [9.17, 15) is 24.3 Å². The van der Waals surface area contributed by atoms with Gasteiger partial charge >= 0.3 is 5.97 Å². The third-order valence-corrected chi connectivity index (χ3v) is 6.76. The lowest BCUT2D eigenvalue weighted by molar-refractivity contribution is -0.148. The van der Waals surface area contributed by atoms with Crippen LogP contribution in [0.15, 0.2) is 12.1 Å². The predicted octanol–water partition coefficient (Wildman–Crippen LogP) is 1.69. The maximum atomic E-state index is 13.6. The van der Waals surface area contributed by atoms with Gasteiger partial charge in [0.25, 0.3) is 0 Å². The monoisotopic (exact) mass is 413 g/mol. The first kappa shape index (κ1) is 20.5. The zero-order valence-corrected chi connectivity index (χ0v) is 17.8. The normalized spacial score (nSPS) is 30.1. The van der Waals surface area contributed by atoms with E-state index in [0.717, 1.165) is 11.1 Å². The van der Waals surface area contributed by atoms with Gasteiger partial charge in [-0.3, -0.25) is 29.4 Å². The Balaban J connectivity index is 1.89. The molecule has 0 saturated carbocycles. The van der Waals surface area contributed by atoms with Gasteiger partial charge in [-0.1, -0.05) is 12.1 Å². The van der Waals surface area contributed by atoms with Gasteiger partial charge in [-0.25, -0.2) is 0 Å². The highest BCUT2D eigenvalue weighted by Crippen LogP contribution is 2.55. The Bertz CT molecular complexity index is 995. The average Bonchev–Trinajstić information content (AvgIpc) is 3.21. The summed E-state index contributed by atoms with van der Waals surface area (Å²) in [6.45, 7) is 9.20. The average molecular weight is 413 g/mol. The topological polar surface area (TPSA) is 116 Å². The lowest BCUT2D eigenvalue weighted by Gasteiger charge is -2.34. The van der Waals surface area contributed by atoms with E-state index in [1.807, 2.05) is 26.0 Å². The molecule has 0 aromatic heterocycles. The van der Waals surface area contributed by atoms with Crippen LogP contribution in [0, 0.1) is 25.7 Å². The number of hydrogen-bond donors (Lipinski definition) is 3. The van der Waals surface area contributed by atoms with E-state index in [2.05, 4.69) is 10.6 Å². The molecule has 4 rings (SSSR count). The van der Waals surface area contributed by atoms with Crippen molar-refractivity contribution < 1.29 is 24.3 Å². The van der Waals surface area contributed by atoms with Crippen molar-refractivity contribution in [2.45, 2.75) is 64.6 Å². The smallest absolute Gasteiger partial charge is 0.303 e. The van der Waals surface area contributed by atoms with Crippen LogP contribution in [0.4, 0.5) is 5.69 Å². The molecule has 4 unspecified atom stereocenters. The first-order valence-electron chi connectivity index (χ1n) is 10.2. The summed E-state index contributed by atoms with van der Waals surface area (Å²) in [5.74, 6) is -3.77. The number of carboxylic acids is 1. The molecule has 0 radical (unpaired) electrons. The van der Waals surface area contributed by atoms with Gasteiger partial charge in [0, 0.05) is 29.3 Å². The summed E-state index contributed by atoms with van der Waals surface area (Å²) in [6.07, 6.45) is -0.00192. The molecule has 3 N–H and O–H groups in total. The Morgan fingerprint density at radius 2 is 1.83 bits per heavy atom. The fourth-order valence-corrected chi connectivity index (χ4v) is 5.31. The van der Waals surface area contributed by atoms with E-state index in [-0.39, 0.29) is 30.6 Å². The standard InChI is InChI=1S/C22H27N3O5/c1-10-6-7-12-17(11(10)2)23-20(30)22(12)16-15(13(24-22)8-9-14(26)27)18(28)25(19(16)29)21(3,4)5/h6-7,13,15-16,24H,8-9H2,1-5H3,(H,23,30)(H,26,27). The highest BCUT2D eigenvalue weighted by molar-refractivity contribution is 6.15. The van der Waals surface area contributed by atoms with E-state index >= 15 is 0 Å². The van der Waals surface area contributed by atoms with Crippen molar-refractivity contribution in [3.8, 4) is 0 Å². The second kappa shape index (κ2) is 6.38. The number of amides is 3. The molecule has 3 heterocycles. The number of imide groups is 1. The Labute approximate surface area is 175 Å². The number of hydrogen-bond acceptors (Lipinski definition) is 5. The summed E-state index contributed by atoms with van der Waals surface area (Å²) in [5, 5.41) is 15.4. The molecule has 3 aliphatic heterocycles. The minimum atomic E-state index is -1.38. The number of rotatable bonds is 3. The Hall–Kier alpha value is -2.74. The molecule has 1 aromatic rings. The number of likely N-dealkylation sites (tertiary alicyclic amines) is 1. The molecule has 4 atom stereocenters. The third-order valence-electron chi connectivity index (χ3n) is 6.76. The van der Waals surface area contributed by atoms with Crippen LogP contribution in [0.2, 0.25) is 0 Å². The summed E-state index contributed by atoms with van der Waals surface area (Å²) in [4.78, 5) is 52.8. The molecule has 160 valence electrons. The van der Waals surface area contributed by atoms with Crippen LogP contribution in [0.3, 0.4) is 0 Å². The fourth-order valence-electron chi connectivity index (χ4n) is 5.31. The molecular weight excluding hydrogens is 386 g/mol. The minimum absolute atomic E-state index is 0.155. The first-order valence-corrected chi connectivity index (χ1v) is 10.2. The number of carbonyl (C=O) groups is 4. The van der Waals surface area contributed by atoms with Gasteiger partial charge in [-0.05, 0) is 52.2 Å². The number of aliphatic carboxylic acids is 1. The van der Waals surface area contributed by atoms with Gasteiger partial charge in [0.1, 0.15) is 5.54 Å². The molecule has 1 spiro atoms. The lowest BCUT2D eigenvalue weighted by Crippen LogP contribution is -2.55. The van der Waals surface area contributed by atoms with Gasteiger partial charge in [0.2, 0.25) is 17.7 Å². The number of fused-ring (bicyclic) bond motifs is 4. The van der Waals surface area contributed by atoms with Gasteiger partial charge in [0.15, 0.2) is 0 Å². The number of nitrogens with zero attached hydrogens (tertiary/aromatic N) is 1. The summed E-state index contributed by atoms with van der Waals surface area (Å²) in [5.41, 5.74) is 1.12. The van der Waals surface area contributed by atoms with Gasteiger partial charge in [-0.15, -0.1) is 0 Å². The highest BCUT2D eigenvalue weighted by atomic mass is 16.4. The number of benzene rings is 1. The maximum Gasteiger partial charge on any atom is 0.303 e. The van der Waals surface area contributed by atoms with Crippen molar-refractivity contribution in [2.75, 3.05) is 5.32 Å². The molecular formula is C22H27N3O5. The van der Waals surface area contributed by atoms with Gasteiger partial charge in [0.05, 0.1) is 11.8 Å². The summed E-state index contributed by atoms with van der Waals surface area (Å²) in [6, 6.07) is 3.14. The first-order chi connectivity index (χ1) is 13.9. The fraction of sp³-hybridized carbons (Fsp3) is 0.545. The third kappa shape index (κ3) is 2.56. The van der Waals surface area contributed by atoms with Crippen molar-refractivity contribution in [1.29, 1.82) is 0 Å². The second-order valence-electron chi connectivity index (χ2n) is 9.56. The number of aryl methyl sites for hydroxylation is 1. The van der Waals surface area contributed by atoms with Crippen molar-refractivity contribution in [2.24, 2.45) is 11.8 Å². The Kier molecular flexibility index (Phi) is 4.36. The molecule has 3 aliphatic rings. The summed E-state index contributed by atoms with van der Waals surface area (Å²) < 4.78 is 0. The SMILES string of the molecule is Cc1ccc2c(c1C)NC(=O)C21NC(CCC(=O)O)C2C(=O)N(C(C)(C)C)C(=O)C21. The van der Waals surface area contributed by atoms with Crippen molar-refractivity contribution in [1.82, 2.24) is 10.2 Å². The van der Waals surface area contributed by atoms with E-state index in [1.54, 1.807) is 20.8 Å². The quantitative estimate of drug-likeness (QED) is 0.650. The molecule has 2 fully saturated rings. The maximum absolute atomic E-state index is 13.6. The Morgan fingerprint density at radius 1 is 1.17 bits per heavy atom. The molecule has 2 saturated heterocycles. The second-order valence-corrected chi connectivity index (χ2v) is 9.56. The highest BCUT2D eigenvalue weighted by Gasteiger charge is 2.71. The molecule has 8 heteroatoms. The molecule has 30 heavy (non-hydrogen) atoms. The number of carboxylic acid groups (broad SMARTS) is 1. The van der Waals surface area contributed by atoms with Crippen LogP contribution in [-0.2, 0) is 24.7 Å². The molecule has 0 bridgehead atoms. The van der Waals surface area contributed by atoms with Crippen LogP contribution in [0.25, 0.3) is 0 Å². The van der Waals surface area contributed by atoms with Crippen LogP contribution < -0.4 is 10.6 Å². The van der Waals surface area contributed by atoms with E-state index in [0.29, 0.717) is 11.3 Å².